The second kappa shape index (κ2) is 2.43. The average molecular weight is 142 g/mol. The van der Waals surface area contributed by atoms with E-state index in [2.05, 4.69) is 11.9 Å². The molecule has 2 N–H and O–H groups in total. The highest BCUT2D eigenvalue weighted by molar-refractivity contribution is 8.16. The topological polar surface area (TPSA) is 38.4 Å². The number of rotatable bonds is 0. The summed E-state index contributed by atoms with van der Waals surface area (Å²) < 4.78 is 0. The van der Waals surface area contributed by atoms with Gasteiger partial charge in [0.1, 0.15) is 0 Å². The van der Waals surface area contributed by atoms with E-state index in [1.807, 2.05) is 12.3 Å². The average Bonchev–Trinajstić information content (AvgIpc) is 1.80. The van der Waals surface area contributed by atoms with E-state index in [9.17, 15) is 0 Å². The Balaban J connectivity index is 2.70. The summed E-state index contributed by atoms with van der Waals surface area (Å²) in [4.78, 5) is 4.15. The maximum absolute atomic E-state index is 5.46. The number of nitrogens with zero attached hydrogens (tertiary/aromatic N) is 1. The molecule has 1 atom stereocenters. The molecule has 1 aliphatic heterocycles. The van der Waals surface area contributed by atoms with Crippen LogP contribution in [0.4, 0.5) is 0 Å². The Hall–Kier alpha value is -0.440. The molecule has 0 aromatic heterocycles. The van der Waals surface area contributed by atoms with Gasteiger partial charge in [0.15, 0.2) is 5.17 Å². The van der Waals surface area contributed by atoms with Gasteiger partial charge >= 0.3 is 0 Å². The highest BCUT2D eigenvalue weighted by Crippen LogP contribution is 2.18. The molecule has 0 radical (unpaired) electrons. The molecule has 1 aliphatic rings. The molecule has 2 nitrogen and oxygen atoms in total. The van der Waals surface area contributed by atoms with E-state index in [0.717, 1.165) is 0 Å². The summed E-state index contributed by atoms with van der Waals surface area (Å²) in [6.07, 6.45) is 0. The highest BCUT2D eigenvalue weighted by atomic mass is 32.2. The third kappa shape index (κ3) is 1.48. The van der Waals surface area contributed by atoms with Crippen LogP contribution in [0.15, 0.2) is 16.0 Å². The summed E-state index contributed by atoms with van der Waals surface area (Å²) >= 11 is 1.50. The minimum Gasteiger partial charge on any atom is -0.378 e. The molecule has 50 valence electrons. The Morgan fingerprint density at radius 2 is 2.44 bits per heavy atom. The summed E-state index contributed by atoms with van der Waals surface area (Å²) in [5, 5.41) is 2.72. The lowest BCUT2D eigenvalue weighted by molar-refractivity contribution is 0.864. The maximum atomic E-state index is 5.46. The van der Waals surface area contributed by atoms with Crippen molar-refractivity contribution in [2.45, 2.75) is 19.9 Å². The molecule has 0 aromatic rings. The standard InChI is InChI=1S/C6H10N2S/c1-4-3-9-6(7)8-5(4)2/h3,5H,1-2H3,(H2,7,8)/t5-/m0/s1. The van der Waals surface area contributed by atoms with Gasteiger partial charge in [-0.05, 0) is 24.8 Å². The van der Waals surface area contributed by atoms with Crippen molar-refractivity contribution < 1.29 is 0 Å². The second-order valence-corrected chi connectivity index (χ2v) is 3.01. The Kier molecular flexibility index (Phi) is 1.81. The third-order valence-electron chi connectivity index (χ3n) is 1.35. The van der Waals surface area contributed by atoms with Crippen molar-refractivity contribution in [3.8, 4) is 0 Å². The summed E-state index contributed by atoms with van der Waals surface area (Å²) in [7, 11) is 0. The van der Waals surface area contributed by atoms with Gasteiger partial charge in [-0.25, -0.2) is 0 Å². The van der Waals surface area contributed by atoms with Crippen molar-refractivity contribution in [2.75, 3.05) is 0 Å². The quantitative estimate of drug-likeness (QED) is 0.554. The van der Waals surface area contributed by atoms with Crippen molar-refractivity contribution in [1.29, 1.82) is 0 Å². The van der Waals surface area contributed by atoms with Crippen molar-refractivity contribution >= 4 is 16.9 Å². The largest absolute Gasteiger partial charge is 0.378 e. The maximum Gasteiger partial charge on any atom is 0.158 e. The number of thioether (sulfide) groups is 1. The molecule has 0 aromatic carbocycles. The highest BCUT2D eigenvalue weighted by Gasteiger charge is 2.07. The Morgan fingerprint density at radius 3 is 2.89 bits per heavy atom. The van der Waals surface area contributed by atoms with Gasteiger partial charge in [0.25, 0.3) is 0 Å². The second-order valence-electron chi connectivity index (χ2n) is 2.12. The fourth-order valence-electron chi connectivity index (χ4n) is 0.575. The van der Waals surface area contributed by atoms with Crippen LogP contribution in [-0.2, 0) is 0 Å². The van der Waals surface area contributed by atoms with E-state index in [1.54, 1.807) is 0 Å². The number of nitrogens with two attached hydrogens (primary N) is 1. The van der Waals surface area contributed by atoms with E-state index < -0.39 is 0 Å². The van der Waals surface area contributed by atoms with Crippen LogP contribution < -0.4 is 5.73 Å². The van der Waals surface area contributed by atoms with Gasteiger partial charge in [-0.1, -0.05) is 11.8 Å². The fourth-order valence-corrected chi connectivity index (χ4v) is 1.30. The molecule has 0 aliphatic carbocycles. The van der Waals surface area contributed by atoms with E-state index in [0.29, 0.717) is 5.17 Å². The smallest absolute Gasteiger partial charge is 0.158 e. The normalized spacial score (nSPS) is 27.1. The molecule has 1 rings (SSSR count). The molecule has 0 saturated heterocycles. The monoisotopic (exact) mass is 142 g/mol. The van der Waals surface area contributed by atoms with Crippen molar-refractivity contribution in [3.63, 3.8) is 0 Å². The molecule has 0 unspecified atom stereocenters. The van der Waals surface area contributed by atoms with Crippen LogP contribution in [-0.4, -0.2) is 11.2 Å². The lowest BCUT2D eigenvalue weighted by Crippen LogP contribution is -2.14. The first-order valence-electron chi connectivity index (χ1n) is 2.87. The minimum atomic E-state index is 0.284. The zero-order valence-corrected chi connectivity index (χ0v) is 6.40. The van der Waals surface area contributed by atoms with Crippen molar-refractivity contribution in [1.82, 2.24) is 0 Å². The van der Waals surface area contributed by atoms with E-state index in [1.165, 1.54) is 17.3 Å². The van der Waals surface area contributed by atoms with Crippen LogP contribution in [0.5, 0.6) is 0 Å². The van der Waals surface area contributed by atoms with Crippen molar-refractivity contribution in [3.05, 3.63) is 11.0 Å². The third-order valence-corrected chi connectivity index (χ3v) is 2.18. The first-order chi connectivity index (χ1) is 4.20. The number of hydrogen-bond donors (Lipinski definition) is 1. The van der Waals surface area contributed by atoms with Crippen LogP contribution in [0.25, 0.3) is 0 Å². The molecule has 0 bridgehead atoms. The Morgan fingerprint density at radius 1 is 1.78 bits per heavy atom. The van der Waals surface area contributed by atoms with Crippen LogP contribution in [0.3, 0.4) is 0 Å². The van der Waals surface area contributed by atoms with Gasteiger partial charge < -0.3 is 5.73 Å². The molecule has 1 heterocycles. The molecule has 0 amide bonds. The summed E-state index contributed by atoms with van der Waals surface area (Å²) in [5.41, 5.74) is 6.74. The lowest BCUT2D eigenvalue weighted by atomic mass is 10.2. The summed E-state index contributed by atoms with van der Waals surface area (Å²) in [6, 6.07) is 0.284. The molecule has 0 fully saturated rings. The van der Waals surface area contributed by atoms with Crippen LogP contribution >= 0.6 is 11.8 Å². The number of aliphatic imine (C=N–C) groups is 1. The summed E-state index contributed by atoms with van der Waals surface area (Å²) in [6.45, 7) is 4.10. The molecule has 9 heavy (non-hydrogen) atoms. The van der Waals surface area contributed by atoms with E-state index >= 15 is 0 Å². The van der Waals surface area contributed by atoms with Crippen LogP contribution in [0, 0.1) is 0 Å². The zero-order chi connectivity index (χ0) is 6.85. The van der Waals surface area contributed by atoms with Gasteiger partial charge in [0.2, 0.25) is 0 Å². The van der Waals surface area contributed by atoms with E-state index in [-0.39, 0.29) is 6.04 Å². The molecule has 0 saturated carbocycles. The predicted molar refractivity (Wildman–Crippen MR) is 42.4 cm³/mol. The number of amidine groups is 1. The van der Waals surface area contributed by atoms with Gasteiger partial charge in [0, 0.05) is 0 Å². The molecular weight excluding hydrogens is 132 g/mol. The van der Waals surface area contributed by atoms with Crippen LogP contribution in [0.2, 0.25) is 0 Å². The molecular formula is C6H10N2S. The SMILES string of the molecule is CC1=CSC(N)=N[C@H]1C. The minimum absolute atomic E-state index is 0.284. The fraction of sp³-hybridized carbons (Fsp3) is 0.500. The van der Waals surface area contributed by atoms with Gasteiger partial charge in [-0.3, -0.25) is 4.99 Å². The lowest BCUT2D eigenvalue weighted by Gasteiger charge is -2.12. The Labute approximate surface area is 59.2 Å². The first kappa shape index (κ1) is 6.68. The zero-order valence-electron chi connectivity index (χ0n) is 5.59. The first-order valence-corrected chi connectivity index (χ1v) is 3.74. The van der Waals surface area contributed by atoms with E-state index in [4.69, 9.17) is 5.73 Å². The van der Waals surface area contributed by atoms with Gasteiger partial charge in [-0.2, -0.15) is 0 Å². The number of hydrogen-bond acceptors (Lipinski definition) is 3. The van der Waals surface area contributed by atoms with Crippen molar-refractivity contribution in [2.24, 2.45) is 10.7 Å². The predicted octanol–water partition coefficient (Wildman–Crippen LogP) is 1.34. The molecule has 3 heteroatoms. The summed E-state index contributed by atoms with van der Waals surface area (Å²) in [5.74, 6) is 0. The molecule has 0 spiro atoms. The van der Waals surface area contributed by atoms with Gasteiger partial charge in [-0.15, -0.1) is 0 Å². The Bertz CT molecular complexity index is 172. The van der Waals surface area contributed by atoms with Crippen LogP contribution in [0.1, 0.15) is 13.8 Å². The van der Waals surface area contributed by atoms with Gasteiger partial charge in [0.05, 0.1) is 6.04 Å².